The van der Waals surface area contributed by atoms with Crippen molar-refractivity contribution < 1.29 is 8.83 Å². The molecule has 2 aromatic rings. The molecule has 6 nitrogen and oxygen atoms in total. The van der Waals surface area contributed by atoms with Crippen LogP contribution in [0, 0.1) is 0 Å². The van der Waals surface area contributed by atoms with Crippen molar-refractivity contribution in [1.82, 2.24) is 20.4 Å². The summed E-state index contributed by atoms with van der Waals surface area (Å²) in [6.07, 6.45) is 11.2. The quantitative estimate of drug-likeness (QED) is 0.189. The van der Waals surface area contributed by atoms with Gasteiger partial charge in [0.1, 0.15) is 23.0 Å². The maximum atomic E-state index is 5.91. The predicted octanol–water partition coefficient (Wildman–Crippen LogP) is 5.46. The fraction of sp³-hybridized carbons (Fsp3) is 0.333. The maximum Gasteiger partial charge on any atom is 0.118 e. The van der Waals surface area contributed by atoms with E-state index in [1.165, 1.54) is 0 Å². The van der Waals surface area contributed by atoms with Gasteiger partial charge in [-0.15, -0.1) is 39.5 Å². The highest BCUT2D eigenvalue weighted by Crippen LogP contribution is 2.13. The van der Waals surface area contributed by atoms with Crippen molar-refractivity contribution >= 4 is 0 Å². The van der Waals surface area contributed by atoms with Gasteiger partial charge < -0.3 is 19.5 Å². The van der Waals surface area contributed by atoms with Crippen LogP contribution in [0.4, 0.5) is 0 Å². The normalized spacial score (nSPS) is 10.5. The van der Waals surface area contributed by atoms with Crippen molar-refractivity contribution in [1.29, 1.82) is 0 Å². The standard InChI is InChI=1S/C18H26N2O.C12H18N2O/c1-5-11-19(12-6-2)15-17-9-10-18(21-17)16-20(13-7-3)14-8-4;1-3-7-13-9-11-5-6-12(15-11)10-14-8-4-2/h5-10H,1-4,11-16H2;3-6,13-14H,1-2,7-10H2. The molecule has 196 valence electrons. The molecule has 0 aliphatic rings. The Hall–Kier alpha value is -3.16. The molecule has 0 unspecified atom stereocenters. The topological polar surface area (TPSA) is 56.8 Å². The molecule has 0 saturated carbocycles. The van der Waals surface area contributed by atoms with Gasteiger partial charge in [-0.05, 0) is 24.3 Å². The van der Waals surface area contributed by atoms with Gasteiger partial charge in [0.2, 0.25) is 0 Å². The molecule has 0 spiro atoms. The molecule has 2 N–H and O–H groups in total. The van der Waals surface area contributed by atoms with Crippen LogP contribution < -0.4 is 10.6 Å². The lowest BCUT2D eigenvalue weighted by Crippen LogP contribution is -2.23. The minimum absolute atomic E-state index is 0.744. The first-order valence-electron chi connectivity index (χ1n) is 12.3. The van der Waals surface area contributed by atoms with Gasteiger partial charge in [0.15, 0.2) is 0 Å². The number of furan rings is 2. The molecule has 0 aromatic carbocycles. The predicted molar refractivity (Wildman–Crippen MR) is 153 cm³/mol. The molecule has 0 amide bonds. The molecule has 0 radical (unpaired) electrons. The summed E-state index contributed by atoms with van der Waals surface area (Å²) < 4.78 is 11.5. The molecule has 0 aliphatic heterocycles. The molecule has 2 rings (SSSR count). The summed E-state index contributed by atoms with van der Waals surface area (Å²) in [5.74, 6) is 3.83. The van der Waals surface area contributed by atoms with E-state index in [2.05, 4.69) is 59.9 Å². The first-order chi connectivity index (χ1) is 17.6. The molecule has 2 heterocycles. The van der Waals surface area contributed by atoms with E-state index in [4.69, 9.17) is 8.83 Å². The molecule has 0 bridgehead atoms. The molecule has 0 fully saturated rings. The highest BCUT2D eigenvalue weighted by molar-refractivity contribution is 5.08. The zero-order valence-electron chi connectivity index (χ0n) is 21.8. The zero-order valence-corrected chi connectivity index (χ0v) is 21.8. The Labute approximate surface area is 218 Å². The summed E-state index contributed by atoms with van der Waals surface area (Å²) in [6.45, 7) is 30.3. The van der Waals surface area contributed by atoms with Crippen molar-refractivity contribution in [2.24, 2.45) is 0 Å². The molecular weight excluding hydrogens is 448 g/mol. The monoisotopic (exact) mass is 492 g/mol. The van der Waals surface area contributed by atoms with Crippen molar-refractivity contribution in [3.8, 4) is 0 Å². The number of hydrogen-bond acceptors (Lipinski definition) is 6. The van der Waals surface area contributed by atoms with E-state index >= 15 is 0 Å². The number of rotatable bonds is 20. The van der Waals surface area contributed by atoms with Crippen molar-refractivity contribution in [3.63, 3.8) is 0 Å². The summed E-state index contributed by atoms with van der Waals surface area (Å²) in [5.41, 5.74) is 0. The Kier molecular flexibility index (Phi) is 17.2. The summed E-state index contributed by atoms with van der Waals surface area (Å²) >= 11 is 0. The van der Waals surface area contributed by atoms with E-state index < -0.39 is 0 Å². The van der Waals surface area contributed by atoms with Gasteiger partial charge in [-0.25, -0.2) is 0 Å². The molecule has 6 heteroatoms. The lowest BCUT2D eigenvalue weighted by atomic mass is 10.3. The van der Waals surface area contributed by atoms with E-state index in [1.54, 1.807) is 0 Å². The molecule has 0 saturated heterocycles. The van der Waals surface area contributed by atoms with Crippen LogP contribution in [0.25, 0.3) is 0 Å². The average molecular weight is 493 g/mol. The van der Waals surface area contributed by atoms with E-state index in [9.17, 15) is 0 Å². The number of nitrogens with one attached hydrogen (secondary N) is 2. The van der Waals surface area contributed by atoms with Gasteiger partial charge >= 0.3 is 0 Å². The third-order valence-corrected chi connectivity index (χ3v) is 4.92. The second kappa shape index (κ2) is 20.1. The SMILES string of the molecule is C=CCN(CC=C)Cc1ccc(CN(CC=C)CC=C)o1.C=CCNCc1ccc(CNCC=C)o1. The van der Waals surface area contributed by atoms with Gasteiger partial charge in [-0.1, -0.05) is 36.5 Å². The Bertz CT molecular complexity index is 823. The summed E-state index contributed by atoms with van der Waals surface area (Å²) in [4.78, 5) is 4.43. The fourth-order valence-corrected chi connectivity index (χ4v) is 3.38. The summed E-state index contributed by atoms with van der Waals surface area (Å²) in [5, 5.41) is 6.37. The van der Waals surface area contributed by atoms with Crippen LogP contribution in [0.15, 0.2) is 109 Å². The van der Waals surface area contributed by atoms with Crippen LogP contribution in [0.2, 0.25) is 0 Å². The van der Waals surface area contributed by atoms with E-state index in [-0.39, 0.29) is 0 Å². The second-order valence-electron chi connectivity index (χ2n) is 8.12. The Morgan fingerprint density at radius 3 is 1.19 bits per heavy atom. The van der Waals surface area contributed by atoms with Gasteiger partial charge in [-0.2, -0.15) is 0 Å². The highest BCUT2D eigenvalue weighted by Gasteiger charge is 2.09. The summed E-state index contributed by atoms with van der Waals surface area (Å²) in [7, 11) is 0. The maximum absolute atomic E-state index is 5.91. The zero-order chi connectivity index (χ0) is 26.4. The largest absolute Gasteiger partial charge is 0.463 e. The average Bonchev–Trinajstić information content (AvgIpc) is 3.50. The van der Waals surface area contributed by atoms with Crippen LogP contribution in [0.5, 0.6) is 0 Å². The molecule has 36 heavy (non-hydrogen) atoms. The minimum atomic E-state index is 0.744. The van der Waals surface area contributed by atoms with E-state index in [0.29, 0.717) is 0 Å². The third-order valence-electron chi connectivity index (χ3n) is 4.92. The Morgan fingerprint density at radius 1 is 0.528 bits per heavy atom. The van der Waals surface area contributed by atoms with Gasteiger partial charge in [-0.3, -0.25) is 9.80 Å². The van der Waals surface area contributed by atoms with Gasteiger partial charge in [0.25, 0.3) is 0 Å². The Balaban J connectivity index is 0.000000381. The summed E-state index contributed by atoms with van der Waals surface area (Å²) in [6, 6.07) is 8.05. The van der Waals surface area contributed by atoms with E-state index in [0.717, 1.165) is 88.5 Å². The lowest BCUT2D eigenvalue weighted by Gasteiger charge is -2.18. The second-order valence-corrected chi connectivity index (χ2v) is 8.12. The molecule has 2 aromatic heterocycles. The highest BCUT2D eigenvalue weighted by atomic mass is 16.3. The van der Waals surface area contributed by atoms with E-state index in [1.807, 2.05) is 60.7 Å². The first-order valence-corrected chi connectivity index (χ1v) is 12.3. The molecule has 0 atom stereocenters. The lowest BCUT2D eigenvalue weighted by molar-refractivity contribution is 0.264. The third kappa shape index (κ3) is 13.7. The van der Waals surface area contributed by atoms with Crippen LogP contribution in [0.3, 0.4) is 0 Å². The van der Waals surface area contributed by atoms with Gasteiger partial charge in [0, 0.05) is 39.3 Å². The minimum Gasteiger partial charge on any atom is -0.463 e. The fourth-order valence-electron chi connectivity index (χ4n) is 3.38. The Morgan fingerprint density at radius 2 is 0.861 bits per heavy atom. The van der Waals surface area contributed by atoms with Crippen molar-refractivity contribution in [2.75, 3.05) is 39.3 Å². The van der Waals surface area contributed by atoms with Crippen LogP contribution in [-0.2, 0) is 26.2 Å². The molecular formula is C30H44N4O2. The first kappa shape index (κ1) is 30.9. The van der Waals surface area contributed by atoms with Crippen LogP contribution in [-0.4, -0.2) is 49.1 Å². The number of hydrogen-bond donors (Lipinski definition) is 2. The molecule has 0 aliphatic carbocycles. The van der Waals surface area contributed by atoms with Crippen molar-refractivity contribution in [3.05, 3.63) is 123 Å². The number of nitrogens with zero attached hydrogens (tertiary/aromatic N) is 2. The van der Waals surface area contributed by atoms with Crippen LogP contribution >= 0.6 is 0 Å². The smallest absolute Gasteiger partial charge is 0.118 e. The van der Waals surface area contributed by atoms with Crippen molar-refractivity contribution in [2.45, 2.75) is 26.2 Å². The van der Waals surface area contributed by atoms with Gasteiger partial charge in [0.05, 0.1) is 26.2 Å². The van der Waals surface area contributed by atoms with Crippen LogP contribution in [0.1, 0.15) is 23.0 Å².